The lowest BCUT2D eigenvalue weighted by molar-refractivity contribution is -0.148. The van der Waals surface area contributed by atoms with Gasteiger partial charge in [-0.15, -0.1) is 0 Å². The van der Waals surface area contributed by atoms with Crippen molar-refractivity contribution in [3.63, 3.8) is 0 Å². The van der Waals surface area contributed by atoms with Crippen LogP contribution in [0, 0.1) is 0 Å². The molecule has 0 saturated carbocycles. The molecule has 3 rings (SSSR count). The van der Waals surface area contributed by atoms with Crippen LogP contribution in [0.5, 0.6) is 0 Å². The number of fused-ring (bicyclic) bond motifs is 1. The maximum absolute atomic E-state index is 12.0. The monoisotopic (exact) mass is 347 g/mol. The molecule has 4 heteroatoms. The number of esters is 1. The van der Waals surface area contributed by atoms with Crippen molar-refractivity contribution in [2.45, 2.75) is 19.4 Å². The van der Waals surface area contributed by atoms with E-state index in [4.69, 9.17) is 4.74 Å². The Morgan fingerprint density at radius 2 is 1.62 bits per heavy atom. The lowest BCUT2D eigenvalue weighted by Gasteiger charge is -2.14. The summed E-state index contributed by atoms with van der Waals surface area (Å²) in [6.07, 6.45) is 0.145. The zero-order valence-electron chi connectivity index (χ0n) is 14.6. The van der Waals surface area contributed by atoms with Crippen LogP contribution < -0.4 is 5.32 Å². The van der Waals surface area contributed by atoms with E-state index in [9.17, 15) is 9.59 Å². The minimum atomic E-state index is -0.414. The van der Waals surface area contributed by atoms with Gasteiger partial charge in [0.1, 0.15) is 0 Å². The van der Waals surface area contributed by atoms with Crippen molar-refractivity contribution >= 4 is 22.6 Å². The van der Waals surface area contributed by atoms with Crippen LogP contribution in [0.4, 0.5) is 0 Å². The second kappa shape index (κ2) is 8.30. The van der Waals surface area contributed by atoms with Crippen LogP contribution in [0.2, 0.25) is 0 Å². The second-order valence-electron chi connectivity index (χ2n) is 6.22. The molecule has 0 aliphatic rings. The minimum absolute atomic E-state index is 0.136. The van der Waals surface area contributed by atoms with Crippen molar-refractivity contribution in [1.29, 1.82) is 0 Å². The fourth-order valence-corrected chi connectivity index (χ4v) is 2.82. The third-order valence-electron chi connectivity index (χ3n) is 4.20. The molecule has 0 bridgehead atoms. The van der Waals surface area contributed by atoms with Crippen molar-refractivity contribution in [2.24, 2.45) is 0 Å². The minimum Gasteiger partial charge on any atom is -0.455 e. The van der Waals surface area contributed by atoms with Gasteiger partial charge < -0.3 is 10.1 Å². The van der Waals surface area contributed by atoms with Gasteiger partial charge in [0, 0.05) is 0 Å². The summed E-state index contributed by atoms with van der Waals surface area (Å²) in [6, 6.07) is 23.3. The highest BCUT2D eigenvalue weighted by Crippen LogP contribution is 2.16. The van der Waals surface area contributed by atoms with Gasteiger partial charge in [-0.3, -0.25) is 9.59 Å². The fraction of sp³-hybridized carbons (Fsp3) is 0.182. The Hall–Kier alpha value is -3.14. The van der Waals surface area contributed by atoms with E-state index < -0.39 is 5.97 Å². The van der Waals surface area contributed by atoms with Gasteiger partial charge in [-0.05, 0) is 28.8 Å². The average molecular weight is 347 g/mol. The number of nitrogens with one attached hydrogen (secondary N) is 1. The summed E-state index contributed by atoms with van der Waals surface area (Å²) in [5, 5.41) is 5.02. The Labute approximate surface area is 152 Å². The highest BCUT2D eigenvalue weighted by molar-refractivity contribution is 5.85. The van der Waals surface area contributed by atoms with Gasteiger partial charge >= 0.3 is 5.97 Å². The van der Waals surface area contributed by atoms with Crippen LogP contribution in [0.15, 0.2) is 72.8 Å². The molecule has 0 aromatic heterocycles. The molecule has 0 radical (unpaired) electrons. The number of hydrogen-bond donors (Lipinski definition) is 1. The molecule has 0 aliphatic heterocycles. The Balaban J connectivity index is 1.49. The summed E-state index contributed by atoms with van der Waals surface area (Å²) in [5.74, 6) is -0.726. The highest BCUT2D eigenvalue weighted by Gasteiger charge is 2.12. The van der Waals surface area contributed by atoms with Gasteiger partial charge in [0.25, 0.3) is 5.91 Å². The number of benzene rings is 3. The maximum Gasteiger partial charge on any atom is 0.310 e. The number of hydrogen-bond acceptors (Lipinski definition) is 3. The summed E-state index contributed by atoms with van der Waals surface area (Å²) in [5.41, 5.74) is 1.87. The third kappa shape index (κ3) is 4.70. The Bertz CT molecular complexity index is 905. The van der Waals surface area contributed by atoms with Gasteiger partial charge in [-0.1, -0.05) is 72.8 Å². The van der Waals surface area contributed by atoms with Crippen molar-refractivity contribution in [1.82, 2.24) is 5.32 Å². The largest absolute Gasteiger partial charge is 0.455 e. The van der Waals surface area contributed by atoms with Gasteiger partial charge in [-0.2, -0.15) is 0 Å². The van der Waals surface area contributed by atoms with Gasteiger partial charge in [-0.25, -0.2) is 0 Å². The predicted octanol–water partition coefficient (Wildman–Crippen LogP) is 3.80. The van der Waals surface area contributed by atoms with Crippen LogP contribution in [0.1, 0.15) is 24.1 Å². The molecule has 3 aromatic carbocycles. The molecule has 1 amide bonds. The normalized spacial score (nSPS) is 11.7. The molecule has 0 unspecified atom stereocenters. The van der Waals surface area contributed by atoms with Crippen LogP contribution in [0.3, 0.4) is 0 Å². The van der Waals surface area contributed by atoms with E-state index in [0.717, 1.165) is 21.9 Å². The first-order valence-corrected chi connectivity index (χ1v) is 8.59. The lowest BCUT2D eigenvalue weighted by Crippen LogP contribution is -2.31. The number of amides is 1. The molecule has 0 spiro atoms. The quantitative estimate of drug-likeness (QED) is 0.690. The zero-order chi connectivity index (χ0) is 18.4. The van der Waals surface area contributed by atoms with Crippen LogP contribution in [0.25, 0.3) is 10.8 Å². The third-order valence-corrected chi connectivity index (χ3v) is 4.20. The topological polar surface area (TPSA) is 55.4 Å². The van der Waals surface area contributed by atoms with E-state index in [0.29, 0.717) is 0 Å². The maximum atomic E-state index is 12.0. The molecule has 4 nitrogen and oxygen atoms in total. The highest BCUT2D eigenvalue weighted by atomic mass is 16.5. The first kappa shape index (κ1) is 17.7. The first-order chi connectivity index (χ1) is 12.6. The number of carbonyl (C=O) groups excluding carboxylic acids is 2. The molecule has 132 valence electrons. The molecule has 0 aliphatic carbocycles. The number of carbonyl (C=O) groups is 2. The molecule has 3 aromatic rings. The summed E-state index contributed by atoms with van der Waals surface area (Å²) >= 11 is 0. The van der Waals surface area contributed by atoms with Gasteiger partial charge in [0.15, 0.2) is 6.61 Å². The summed E-state index contributed by atoms with van der Waals surface area (Å²) in [7, 11) is 0. The van der Waals surface area contributed by atoms with E-state index in [1.807, 2.05) is 79.7 Å². The van der Waals surface area contributed by atoms with E-state index in [1.165, 1.54) is 0 Å². The smallest absolute Gasteiger partial charge is 0.310 e. The molecule has 1 N–H and O–H groups in total. The fourth-order valence-electron chi connectivity index (χ4n) is 2.82. The molecule has 0 heterocycles. The Kier molecular flexibility index (Phi) is 5.64. The first-order valence-electron chi connectivity index (χ1n) is 8.59. The summed E-state index contributed by atoms with van der Waals surface area (Å²) in [4.78, 5) is 24.0. The number of ether oxygens (including phenoxy) is 1. The molecule has 26 heavy (non-hydrogen) atoms. The summed E-state index contributed by atoms with van der Waals surface area (Å²) in [6.45, 7) is 1.62. The molecule has 0 saturated heterocycles. The van der Waals surface area contributed by atoms with Crippen molar-refractivity contribution in [2.75, 3.05) is 6.61 Å². The van der Waals surface area contributed by atoms with Gasteiger partial charge in [0.2, 0.25) is 0 Å². The zero-order valence-corrected chi connectivity index (χ0v) is 14.6. The van der Waals surface area contributed by atoms with E-state index >= 15 is 0 Å². The summed E-state index contributed by atoms with van der Waals surface area (Å²) < 4.78 is 5.11. The Morgan fingerprint density at radius 1 is 0.923 bits per heavy atom. The van der Waals surface area contributed by atoms with E-state index in [2.05, 4.69) is 5.32 Å². The average Bonchev–Trinajstić information content (AvgIpc) is 2.67. The van der Waals surface area contributed by atoms with Crippen LogP contribution in [-0.2, 0) is 20.7 Å². The predicted molar refractivity (Wildman–Crippen MR) is 102 cm³/mol. The number of rotatable bonds is 6. The molecule has 1 atom stereocenters. The molecular formula is C22H21NO3. The molecular weight excluding hydrogens is 326 g/mol. The second-order valence-corrected chi connectivity index (χ2v) is 6.22. The SMILES string of the molecule is C[C@@H](NC(=O)COC(=O)Cc1ccc2ccccc2c1)c1ccccc1. The lowest BCUT2D eigenvalue weighted by atomic mass is 10.1. The Morgan fingerprint density at radius 3 is 2.38 bits per heavy atom. The van der Waals surface area contributed by atoms with Crippen LogP contribution in [-0.4, -0.2) is 18.5 Å². The standard InChI is InChI=1S/C22H21NO3/c1-16(18-7-3-2-4-8-18)23-21(24)15-26-22(25)14-17-11-12-19-9-5-6-10-20(19)13-17/h2-13,16H,14-15H2,1H3,(H,23,24)/t16-/m1/s1. The van der Waals surface area contributed by atoms with E-state index in [-0.39, 0.29) is 25.0 Å². The van der Waals surface area contributed by atoms with E-state index in [1.54, 1.807) is 0 Å². The van der Waals surface area contributed by atoms with Crippen LogP contribution >= 0.6 is 0 Å². The van der Waals surface area contributed by atoms with Crippen molar-refractivity contribution in [3.05, 3.63) is 83.9 Å². The van der Waals surface area contributed by atoms with Crippen molar-refractivity contribution < 1.29 is 14.3 Å². The van der Waals surface area contributed by atoms with Crippen molar-refractivity contribution in [3.8, 4) is 0 Å². The molecule has 0 fully saturated rings. The van der Waals surface area contributed by atoms with Gasteiger partial charge in [0.05, 0.1) is 12.5 Å².